The standard InChI is InChI=1S/C12H15N5/c13-6-10-12(16-5-4-15-10)17-7-9-2-1-3-14-11(9)8-17/h4-5,9,11,14H,1-3,7-8H2. The molecule has 0 aliphatic carbocycles. The first-order valence-electron chi connectivity index (χ1n) is 6.08. The van der Waals surface area contributed by atoms with E-state index in [4.69, 9.17) is 5.26 Å². The van der Waals surface area contributed by atoms with Crippen molar-refractivity contribution in [3.63, 3.8) is 0 Å². The van der Waals surface area contributed by atoms with Crippen LogP contribution in [-0.2, 0) is 0 Å². The predicted octanol–water partition coefficient (Wildman–Crippen LogP) is 0.536. The average molecular weight is 229 g/mol. The molecule has 17 heavy (non-hydrogen) atoms. The molecule has 5 nitrogen and oxygen atoms in total. The first-order chi connectivity index (χ1) is 8.38. The molecule has 3 heterocycles. The summed E-state index contributed by atoms with van der Waals surface area (Å²) < 4.78 is 0. The maximum absolute atomic E-state index is 9.04. The van der Waals surface area contributed by atoms with Crippen molar-refractivity contribution in [2.45, 2.75) is 18.9 Å². The van der Waals surface area contributed by atoms with E-state index in [1.165, 1.54) is 12.8 Å². The fourth-order valence-corrected chi connectivity index (χ4v) is 2.86. The largest absolute Gasteiger partial charge is 0.352 e. The molecule has 3 rings (SSSR count). The van der Waals surface area contributed by atoms with Crippen LogP contribution in [0.3, 0.4) is 0 Å². The molecule has 2 aliphatic heterocycles. The molecule has 0 radical (unpaired) electrons. The van der Waals surface area contributed by atoms with Crippen molar-refractivity contribution in [3.05, 3.63) is 18.1 Å². The number of aromatic nitrogens is 2. The second kappa shape index (κ2) is 4.30. The lowest BCUT2D eigenvalue weighted by Gasteiger charge is -2.24. The molecule has 1 aromatic rings. The van der Waals surface area contributed by atoms with Crippen LogP contribution in [0.1, 0.15) is 18.5 Å². The summed E-state index contributed by atoms with van der Waals surface area (Å²) >= 11 is 0. The van der Waals surface area contributed by atoms with Crippen LogP contribution in [0, 0.1) is 17.2 Å². The van der Waals surface area contributed by atoms with Crippen molar-refractivity contribution in [2.75, 3.05) is 24.5 Å². The molecule has 2 fully saturated rings. The van der Waals surface area contributed by atoms with Crippen LogP contribution >= 0.6 is 0 Å². The Kier molecular flexibility index (Phi) is 2.65. The lowest BCUT2D eigenvalue weighted by Crippen LogP contribution is -2.40. The fraction of sp³-hybridized carbons (Fsp3) is 0.583. The predicted molar refractivity (Wildman–Crippen MR) is 63.5 cm³/mol. The van der Waals surface area contributed by atoms with Gasteiger partial charge in [0.15, 0.2) is 11.5 Å². The smallest absolute Gasteiger partial charge is 0.183 e. The Hall–Kier alpha value is -1.67. The van der Waals surface area contributed by atoms with E-state index in [0.717, 1.165) is 25.5 Å². The van der Waals surface area contributed by atoms with Crippen LogP contribution in [0.5, 0.6) is 0 Å². The number of fused-ring (bicyclic) bond motifs is 1. The Bertz CT molecular complexity index is 438. The second-order valence-corrected chi connectivity index (χ2v) is 4.71. The molecule has 88 valence electrons. The minimum Gasteiger partial charge on any atom is -0.352 e. The summed E-state index contributed by atoms with van der Waals surface area (Å²) in [4.78, 5) is 10.6. The number of nitriles is 1. The number of nitrogens with zero attached hydrogens (tertiary/aromatic N) is 4. The van der Waals surface area contributed by atoms with E-state index in [1.807, 2.05) is 0 Å². The SMILES string of the molecule is N#Cc1nccnc1N1CC2CCCNC2C1. The minimum absolute atomic E-state index is 0.436. The number of hydrogen-bond acceptors (Lipinski definition) is 5. The third-order valence-corrected chi connectivity index (χ3v) is 3.68. The third-order valence-electron chi connectivity index (χ3n) is 3.68. The van der Waals surface area contributed by atoms with Gasteiger partial charge in [-0.3, -0.25) is 0 Å². The van der Waals surface area contributed by atoms with Crippen molar-refractivity contribution in [2.24, 2.45) is 5.92 Å². The van der Waals surface area contributed by atoms with Gasteiger partial charge in [-0.1, -0.05) is 0 Å². The van der Waals surface area contributed by atoms with Crippen molar-refractivity contribution in [1.82, 2.24) is 15.3 Å². The van der Waals surface area contributed by atoms with Gasteiger partial charge in [-0.2, -0.15) is 5.26 Å². The molecule has 2 atom stereocenters. The van der Waals surface area contributed by atoms with E-state index in [1.54, 1.807) is 12.4 Å². The van der Waals surface area contributed by atoms with Crippen LogP contribution in [0.25, 0.3) is 0 Å². The highest BCUT2D eigenvalue weighted by molar-refractivity contribution is 5.50. The normalized spacial score (nSPS) is 27.6. The monoisotopic (exact) mass is 229 g/mol. The number of nitrogens with one attached hydrogen (secondary N) is 1. The summed E-state index contributed by atoms with van der Waals surface area (Å²) in [6.07, 6.45) is 5.76. The zero-order valence-corrected chi connectivity index (χ0v) is 9.63. The summed E-state index contributed by atoms with van der Waals surface area (Å²) in [5, 5.41) is 12.6. The minimum atomic E-state index is 0.436. The third kappa shape index (κ3) is 1.85. The van der Waals surface area contributed by atoms with Crippen LogP contribution in [-0.4, -0.2) is 35.6 Å². The number of rotatable bonds is 1. The zero-order chi connectivity index (χ0) is 11.7. The molecule has 2 unspecified atom stereocenters. The molecule has 1 N–H and O–H groups in total. The molecule has 0 spiro atoms. The van der Waals surface area contributed by atoms with Crippen molar-refractivity contribution in [1.29, 1.82) is 5.26 Å². The van der Waals surface area contributed by atoms with Crippen molar-refractivity contribution >= 4 is 5.82 Å². The Labute approximate surface area is 100 Å². The molecule has 0 bridgehead atoms. The first-order valence-corrected chi connectivity index (χ1v) is 6.08. The molecule has 2 aliphatic rings. The van der Waals surface area contributed by atoms with Crippen molar-refractivity contribution in [3.8, 4) is 6.07 Å². The van der Waals surface area contributed by atoms with Crippen LogP contribution in [0.4, 0.5) is 5.82 Å². The Morgan fingerprint density at radius 2 is 2.24 bits per heavy atom. The highest BCUT2D eigenvalue weighted by Crippen LogP contribution is 2.28. The van der Waals surface area contributed by atoms with E-state index in [2.05, 4.69) is 26.3 Å². The number of anilines is 1. The van der Waals surface area contributed by atoms with Gasteiger partial charge in [0.25, 0.3) is 0 Å². The zero-order valence-electron chi connectivity index (χ0n) is 9.63. The van der Waals surface area contributed by atoms with Crippen molar-refractivity contribution < 1.29 is 0 Å². The molecular formula is C12H15N5. The summed E-state index contributed by atoms with van der Waals surface area (Å²) in [5.41, 5.74) is 0.436. The molecule has 0 amide bonds. The highest BCUT2D eigenvalue weighted by Gasteiger charge is 2.35. The van der Waals surface area contributed by atoms with Gasteiger partial charge in [-0.25, -0.2) is 9.97 Å². The number of piperidine rings is 1. The maximum atomic E-state index is 9.04. The van der Waals surface area contributed by atoms with Gasteiger partial charge in [0.2, 0.25) is 0 Å². The molecular weight excluding hydrogens is 214 g/mol. The number of hydrogen-bond donors (Lipinski definition) is 1. The van der Waals surface area contributed by atoms with Gasteiger partial charge in [0, 0.05) is 31.5 Å². The Balaban J connectivity index is 1.84. The van der Waals surface area contributed by atoms with E-state index >= 15 is 0 Å². The van der Waals surface area contributed by atoms with Gasteiger partial charge in [0.1, 0.15) is 6.07 Å². The van der Waals surface area contributed by atoms with E-state index in [9.17, 15) is 0 Å². The fourth-order valence-electron chi connectivity index (χ4n) is 2.86. The Morgan fingerprint density at radius 1 is 1.35 bits per heavy atom. The van der Waals surface area contributed by atoms with E-state index in [-0.39, 0.29) is 0 Å². The lowest BCUT2D eigenvalue weighted by atomic mass is 9.94. The van der Waals surface area contributed by atoms with Crippen LogP contribution in [0.15, 0.2) is 12.4 Å². The summed E-state index contributed by atoms with van der Waals surface area (Å²) in [5.74, 6) is 1.43. The lowest BCUT2D eigenvalue weighted by molar-refractivity contribution is 0.340. The Morgan fingerprint density at radius 3 is 3.06 bits per heavy atom. The van der Waals surface area contributed by atoms with Gasteiger partial charge in [0.05, 0.1) is 0 Å². The van der Waals surface area contributed by atoms with E-state index < -0.39 is 0 Å². The summed E-state index contributed by atoms with van der Waals surface area (Å²) in [6.45, 7) is 3.05. The molecule has 0 aromatic carbocycles. The van der Waals surface area contributed by atoms with Gasteiger partial charge in [-0.05, 0) is 25.3 Å². The quantitative estimate of drug-likeness (QED) is 0.761. The van der Waals surface area contributed by atoms with Crippen LogP contribution < -0.4 is 10.2 Å². The molecule has 0 saturated carbocycles. The van der Waals surface area contributed by atoms with Gasteiger partial charge < -0.3 is 10.2 Å². The maximum Gasteiger partial charge on any atom is 0.183 e. The van der Waals surface area contributed by atoms with E-state index in [0.29, 0.717) is 17.7 Å². The average Bonchev–Trinajstić information content (AvgIpc) is 2.82. The molecule has 2 saturated heterocycles. The summed E-state index contributed by atoms with van der Waals surface area (Å²) in [7, 11) is 0. The summed E-state index contributed by atoms with van der Waals surface area (Å²) in [6, 6.07) is 2.67. The highest BCUT2D eigenvalue weighted by atomic mass is 15.3. The first kappa shape index (κ1) is 10.5. The van der Waals surface area contributed by atoms with Gasteiger partial charge in [-0.15, -0.1) is 0 Å². The molecule has 1 aromatic heterocycles. The second-order valence-electron chi connectivity index (χ2n) is 4.71. The van der Waals surface area contributed by atoms with Crippen LogP contribution in [0.2, 0.25) is 0 Å². The topological polar surface area (TPSA) is 64.8 Å². The molecule has 5 heteroatoms. The van der Waals surface area contributed by atoms with Gasteiger partial charge >= 0.3 is 0 Å².